The lowest BCUT2D eigenvalue weighted by atomic mass is 10.1. The first-order valence-corrected chi connectivity index (χ1v) is 11.1. The van der Waals surface area contributed by atoms with Crippen molar-refractivity contribution in [1.29, 1.82) is 0 Å². The molecular formula is C23H24FN3O2S. The first-order chi connectivity index (χ1) is 14.5. The number of carbonyl (C=O) groups is 2. The van der Waals surface area contributed by atoms with Crippen LogP contribution in [0, 0.1) is 5.82 Å². The quantitative estimate of drug-likeness (QED) is 0.553. The number of fused-ring (bicyclic) bond motifs is 1. The lowest BCUT2D eigenvalue weighted by Gasteiger charge is -2.34. The number of amides is 1. The highest BCUT2D eigenvalue weighted by atomic mass is 32.1. The van der Waals surface area contributed by atoms with Crippen LogP contribution in [0.5, 0.6) is 0 Å². The van der Waals surface area contributed by atoms with Gasteiger partial charge in [-0.15, -0.1) is 0 Å². The molecule has 1 saturated heterocycles. The number of halogens is 1. The van der Waals surface area contributed by atoms with E-state index in [1.54, 1.807) is 11.3 Å². The van der Waals surface area contributed by atoms with Crippen LogP contribution in [-0.2, 0) is 11.2 Å². The van der Waals surface area contributed by atoms with E-state index < -0.39 is 0 Å². The van der Waals surface area contributed by atoms with Crippen molar-refractivity contribution in [3.05, 3.63) is 59.4 Å². The van der Waals surface area contributed by atoms with Crippen molar-refractivity contribution in [3.8, 4) is 0 Å². The lowest BCUT2D eigenvalue weighted by Crippen LogP contribution is -2.48. The predicted molar refractivity (Wildman–Crippen MR) is 118 cm³/mol. The maximum atomic E-state index is 13.0. The average Bonchev–Trinajstić information content (AvgIpc) is 3.21. The van der Waals surface area contributed by atoms with Gasteiger partial charge >= 0.3 is 0 Å². The third kappa shape index (κ3) is 4.51. The largest absolute Gasteiger partial charge is 0.345 e. The monoisotopic (exact) mass is 425 g/mol. The zero-order chi connectivity index (χ0) is 21.1. The number of Topliss-reactive ketones (excluding diaryl/α,β-unsaturated/α-hetero) is 1. The van der Waals surface area contributed by atoms with Gasteiger partial charge in [0, 0.05) is 44.6 Å². The Bertz CT molecular complexity index is 1060. The molecule has 5 nitrogen and oxygen atoms in total. The van der Waals surface area contributed by atoms with Crippen molar-refractivity contribution in [2.75, 3.05) is 31.1 Å². The molecule has 2 aromatic carbocycles. The Labute approximate surface area is 179 Å². The SMILES string of the molecule is CCc1ccc2nc(N3CCN(C(=O)CCC(=O)c4ccc(F)cc4)CC3)sc2c1. The lowest BCUT2D eigenvalue weighted by molar-refractivity contribution is -0.131. The van der Waals surface area contributed by atoms with Gasteiger partial charge in [0.05, 0.1) is 10.2 Å². The highest BCUT2D eigenvalue weighted by molar-refractivity contribution is 7.22. The second-order valence-corrected chi connectivity index (χ2v) is 8.46. The molecule has 0 unspecified atom stereocenters. The molecule has 2 heterocycles. The van der Waals surface area contributed by atoms with Crippen LogP contribution in [0.2, 0.25) is 0 Å². The maximum Gasteiger partial charge on any atom is 0.223 e. The number of aryl methyl sites for hydroxylation is 1. The van der Waals surface area contributed by atoms with Crippen LogP contribution < -0.4 is 4.90 Å². The molecule has 1 aromatic heterocycles. The Balaban J connectivity index is 1.30. The van der Waals surface area contributed by atoms with E-state index in [0.717, 1.165) is 30.2 Å². The van der Waals surface area contributed by atoms with E-state index in [9.17, 15) is 14.0 Å². The van der Waals surface area contributed by atoms with Gasteiger partial charge in [-0.05, 0) is 48.4 Å². The molecule has 0 radical (unpaired) electrons. The fourth-order valence-electron chi connectivity index (χ4n) is 3.62. The molecule has 30 heavy (non-hydrogen) atoms. The van der Waals surface area contributed by atoms with E-state index in [2.05, 4.69) is 30.0 Å². The van der Waals surface area contributed by atoms with E-state index in [4.69, 9.17) is 4.98 Å². The summed E-state index contributed by atoms with van der Waals surface area (Å²) in [4.78, 5) is 33.5. The molecule has 156 valence electrons. The second-order valence-electron chi connectivity index (χ2n) is 7.45. The van der Waals surface area contributed by atoms with Crippen LogP contribution in [-0.4, -0.2) is 47.8 Å². The molecule has 0 spiro atoms. The fourth-order valence-corrected chi connectivity index (χ4v) is 4.70. The van der Waals surface area contributed by atoms with Gasteiger partial charge in [-0.25, -0.2) is 9.37 Å². The Kier molecular flexibility index (Phi) is 6.08. The minimum Gasteiger partial charge on any atom is -0.345 e. The summed E-state index contributed by atoms with van der Waals surface area (Å²) in [5.74, 6) is -0.524. The Morgan fingerprint density at radius 1 is 1.03 bits per heavy atom. The van der Waals surface area contributed by atoms with Crippen LogP contribution >= 0.6 is 11.3 Å². The van der Waals surface area contributed by atoms with Crippen molar-refractivity contribution < 1.29 is 14.0 Å². The van der Waals surface area contributed by atoms with Crippen LogP contribution in [0.1, 0.15) is 35.7 Å². The summed E-state index contributed by atoms with van der Waals surface area (Å²) < 4.78 is 14.2. The smallest absolute Gasteiger partial charge is 0.223 e. The summed E-state index contributed by atoms with van der Waals surface area (Å²) in [5.41, 5.74) is 2.77. The van der Waals surface area contributed by atoms with Gasteiger partial charge in [0.2, 0.25) is 5.91 Å². The van der Waals surface area contributed by atoms with E-state index in [1.807, 2.05) is 4.90 Å². The third-order valence-electron chi connectivity index (χ3n) is 5.48. The van der Waals surface area contributed by atoms with E-state index in [0.29, 0.717) is 18.7 Å². The Morgan fingerprint density at radius 3 is 2.47 bits per heavy atom. The van der Waals surface area contributed by atoms with Crippen LogP contribution in [0.25, 0.3) is 10.2 Å². The predicted octanol–water partition coefficient (Wildman–Crippen LogP) is 4.31. The zero-order valence-electron chi connectivity index (χ0n) is 16.9. The number of anilines is 1. The second kappa shape index (κ2) is 8.92. The summed E-state index contributed by atoms with van der Waals surface area (Å²) in [6, 6.07) is 11.8. The third-order valence-corrected chi connectivity index (χ3v) is 6.56. The van der Waals surface area contributed by atoms with Crippen molar-refractivity contribution in [2.24, 2.45) is 0 Å². The molecule has 7 heteroatoms. The number of rotatable bonds is 6. The van der Waals surface area contributed by atoms with Crippen LogP contribution in [0.15, 0.2) is 42.5 Å². The first kappa shape index (κ1) is 20.5. The Hall–Kier alpha value is -2.80. The topological polar surface area (TPSA) is 53.5 Å². The van der Waals surface area contributed by atoms with Crippen LogP contribution in [0.3, 0.4) is 0 Å². The molecule has 0 aliphatic carbocycles. The molecule has 1 fully saturated rings. The first-order valence-electron chi connectivity index (χ1n) is 10.2. The van der Waals surface area contributed by atoms with Crippen LogP contribution in [0.4, 0.5) is 9.52 Å². The molecule has 0 N–H and O–H groups in total. The summed E-state index contributed by atoms with van der Waals surface area (Å²) in [6.45, 7) is 4.86. The molecule has 1 aliphatic heterocycles. The van der Waals surface area contributed by atoms with Gasteiger partial charge in [0.1, 0.15) is 5.82 Å². The van der Waals surface area contributed by atoms with Gasteiger partial charge in [0.15, 0.2) is 10.9 Å². The number of ketones is 1. The molecule has 0 bridgehead atoms. The van der Waals surface area contributed by atoms with Crippen molar-refractivity contribution in [1.82, 2.24) is 9.88 Å². The normalized spacial score (nSPS) is 14.3. The van der Waals surface area contributed by atoms with Crippen molar-refractivity contribution in [3.63, 3.8) is 0 Å². The number of benzene rings is 2. The minimum atomic E-state index is -0.376. The summed E-state index contributed by atoms with van der Waals surface area (Å²) in [7, 11) is 0. The molecule has 4 rings (SSSR count). The standard InChI is InChI=1S/C23H24FN3O2S/c1-2-16-3-8-19-21(15-16)30-23(25-19)27-13-11-26(12-14-27)22(29)10-9-20(28)17-4-6-18(24)7-5-17/h3-8,15H,2,9-14H2,1H3. The van der Waals surface area contributed by atoms with Gasteiger partial charge < -0.3 is 9.80 Å². The number of aromatic nitrogens is 1. The highest BCUT2D eigenvalue weighted by Crippen LogP contribution is 2.30. The minimum absolute atomic E-state index is 0.0120. The van der Waals surface area contributed by atoms with Crippen molar-refractivity contribution >= 4 is 38.4 Å². The van der Waals surface area contributed by atoms with Crippen molar-refractivity contribution in [2.45, 2.75) is 26.2 Å². The van der Waals surface area contributed by atoms with E-state index in [1.165, 1.54) is 34.5 Å². The number of piperazine rings is 1. The molecule has 0 saturated carbocycles. The van der Waals surface area contributed by atoms with Gasteiger partial charge in [-0.3, -0.25) is 9.59 Å². The highest BCUT2D eigenvalue weighted by Gasteiger charge is 2.23. The van der Waals surface area contributed by atoms with Gasteiger partial charge in [0.25, 0.3) is 0 Å². The van der Waals surface area contributed by atoms with E-state index in [-0.39, 0.29) is 30.3 Å². The molecular weight excluding hydrogens is 401 g/mol. The van der Waals surface area contributed by atoms with E-state index >= 15 is 0 Å². The molecule has 1 amide bonds. The number of nitrogens with zero attached hydrogens (tertiary/aromatic N) is 3. The Morgan fingerprint density at radius 2 is 1.77 bits per heavy atom. The molecule has 0 atom stereocenters. The van der Waals surface area contributed by atoms with Gasteiger partial charge in [-0.1, -0.05) is 24.3 Å². The number of thiazole rings is 1. The number of carbonyl (C=O) groups excluding carboxylic acids is 2. The average molecular weight is 426 g/mol. The molecule has 1 aliphatic rings. The zero-order valence-corrected chi connectivity index (χ0v) is 17.8. The van der Waals surface area contributed by atoms with Gasteiger partial charge in [-0.2, -0.15) is 0 Å². The fraction of sp³-hybridized carbons (Fsp3) is 0.348. The summed E-state index contributed by atoms with van der Waals surface area (Å²) >= 11 is 1.70. The summed E-state index contributed by atoms with van der Waals surface area (Å²) in [5, 5.41) is 0.997. The number of hydrogen-bond acceptors (Lipinski definition) is 5. The maximum absolute atomic E-state index is 13.0. The molecule has 3 aromatic rings. The summed E-state index contributed by atoms with van der Waals surface area (Å²) in [6.07, 6.45) is 1.33. The number of hydrogen-bond donors (Lipinski definition) is 0.